The van der Waals surface area contributed by atoms with E-state index in [1.807, 2.05) is 19.1 Å². The highest BCUT2D eigenvalue weighted by atomic mass is 32.2. The quantitative estimate of drug-likeness (QED) is 0.716. The molecule has 0 amide bonds. The normalized spacial score (nSPS) is 11.8. The van der Waals surface area contributed by atoms with Gasteiger partial charge in [0.15, 0.2) is 0 Å². The van der Waals surface area contributed by atoms with Crippen LogP contribution in [0.3, 0.4) is 0 Å². The first-order chi connectivity index (χ1) is 9.10. The van der Waals surface area contributed by atoms with Crippen LogP contribution in [0, 0.1) is 6.92 Å². The highest BCUT2D eigenvalue weighted by Gasteiger charge is 2.19. The molecule has 0 bridgehead atoms. The molecule has 1 aromatic carbocycles. The molecule has 0 saturated heterocycles. The largest absolute Gasteiger partial charge is 0.271 e. The number of nitrogens with zero attached hydrogens (tertiary/aromatic N) is 3. The van der Waals surface area contributed by atoms with Crippen molar-refractivity contribution in [3.63, 3.8) is 0 Å². The molecule has 96 valence electrons. The molecule has 2 aromatic heterocycles. The first-order valence-electron chi connectivity index (χ1n) is 5.69. The summed E-state index contributed by atoms with van der Waals surface area (Å²) in [6.07, 6.45) is 4.20. The summed E-state index contributed by atoms with van der Waals surface area (Å²) >= 11 is 0. The number of aromatic nitrogens is 3. The molecule has 6 heteroatoms. The highest BCUT2D eigenvalue weighted by Crippen LogP contribution is 2.21. The Hall–Kier alpha value is -2.21. The predicted octanol–water partition coefficient (Wildman–Crippen LogP) is 1.98. The Bertz CT molecular complexity index is 839. The number of imidazole rings is 1. The number of pyridine rings is 1. The lowest BCUT2D eigenvalue weighted by Gasteiger charge is -2.06. The summed E-state index contributed by atoms with van der Waals surface area (Å²) in [6.45, 7) is 1.90. The lowest BCUT2D eigenvalue weighted by molar-refractivity contribution is 0.588. The van der Waals surface area contributed by atoms with Crippen molar-refractivity contribution in [1.29, 1.82) is 0 Å². The van der Waals surface area contributed by atoms with Gasteiger partial charge in [0.05, 0.1) is 11.0 Å². The zero-order valence-electron chi connectivity index (χ0n) is 10.2. The molecule has 3 aromatic rings. The molecular weight excluding hydrogens is 262 g/mol. The Balaban J connectivity index is 2.29. The molecule has 0 saturated carbocycles. The van der Waals surface area contributed by atoms with E-state index < -0.39 is 10.0 Å². The zero-order valence-corrected chi connectivity index (χ0v) is 11.0. The minimum Gasteiger partial charge on any atom is -0.263 e. The maximum Gasteiger partial charge on any atom is 0.271 e. The molecule has 0 aliphatic rings. The van der Waals surface area contributed by atoms with Gasteiger partial charge in [-0.2, -0.15) is 0 Å². The minimum absolute atomic E-state index is 0.149. The van der Waals surface area contributed by atoms with Crippen LogP contribution in [0.25, 0.3) is 11.0 Å². The fourth-order valence-corrected chi connectivity index (χ4v) is 3.22. The number of aryl methyl sites for hydroxylation is 1. The lowest BCUT2D eigenvalue weighted by Crippen LogP contribution is -2.11. The van der Waals surface area contributed by atoms with E-state index in [1.54, 1.807) is 12.1 Å². The molecule has 0 aliphatic carbocycles. The first kappa shape index (κ1) is 11.9. The average molecular weight is 273 g/mol. The van der Waals surface area contributed by atoms with Crippen molar-refractivity contribution >= 4 is 21.1 Å². The molecule has 0 spiro atoms. The standard InChI is InChI=1S/C13H11N3O2S/c1-10-4-2-6-12-13(10)15-9-16(12)19(17,18)11-5-3-7-14-8-11/h2-9H,1H3. The second-order valence-electron chi connectivity index (χ2n) is 4.18. The molecule has 0 N–H and O–H groups in total. The van der Waals surface area contributed by atoms with Crippen molar-refractivity contribution in [3.8, 4) is 0 Å². The van der Waals surface area contributed by atoms with Crippen molar-refractivity contribution in [3.05, 3.63) is 54.6 Å². The van der Waals surface area contributed by atoms with Crippen LogP contribution in [0.15, 0.2) is 53.9 Å². The van der Waals surface area contributed by atoms with Crippen molar-refractivity contribution in [2.45, 2.75) is 11.8 Å². The third-order valence-electron chi connectivity index (χ3n) is 2.94. The van der Waals surface area contributed by atoms with Crippen LogP contribution in [0.4, 0.5) is 0 Å². The zero-order chi connectivity index (χ0) is 13.5. The molecule has 0 unspecified atom stereocenters. The summed E-state index contributed by atoms with van der Waals surface area (Å²) in [5, 5.41) is 0. The van der Waals surface area contributed by atoms with E-state index in [4.69, 9.17) is 0 Å². The Morgan fingerprint density at radius 2 is 2.00 bits per heavy atom. The van der Waals surface area contributed by atoms with Crippen molar-refractivity contribution in [1.82, 2.24) is 13.9 Å². The molecule has 0 radical (unpaired) electrons. The van der Waals surface area contributed by atoms with Crippen LogP contribution >= 0.6 is 0 Å². The van der Waals surface area contributed by atoms with Gasteiger partial charge < -0.3 is 0 Å². The molecule has 19 heavy (non-hydrogen) atoms. The summed E-state index contributed by atoms with van der Waals surface area (Å²) in [5.41, 5.74) is 2.21. The Kier molecular flexibility index (Phi) is 2.60. The van der Waals surface area contributed by atoms with E-state index in [0.717, 1.165) is 5.56 Å². The molecule has 0 aliphatic heterocycles. The van der Waals surface area contributed by atoms with E-state index in [2.05, 4.69) is 9.97 Å². The Labute approximate surface area is 110 Å². The van der Waals surface area contributed by atoms with E-state index in [-0.39, 0.29) is 4.90 Å². The third-order valence-corrected chi connectivity index (χ3v) is 4.58. The summed E-state index contributed by atoms with van der Waals surface area (Å²) in [7, 11) is -3.65. The number of hydrogen-bond donors (Lipinski definition) is 0. The number of para-hydroxylation sites is 1. The van der Waals surface area contributed by atoms with Crippen LogP contribution in [-0.4, -0.2) is 22.4 Å². The molecule has 0 atom stereocenters. The van der Waals surface area contributed by atoms with Gasteiger partial charge >= 0.3 is 0 Å². The fraction of sp³-hybridized carbons (Fsp3) is 0.0769. The Morgan fingerprint density at radius 3 is 2.74 bits per heavy atom. The van der Waals surface area contributed by atoms with Gasteiger partial charge in [0.2, 0.25) is 0 Å². The smallest absolute Gasteiger partial charge is 0.263 e. The van der Waals surface area contributed by atoms with Crippen molar-refractivity contribution in [2.75, 3.05) is 0 Å². The van der Waals surface area contributed by atoms with Gasteiger partial charge in [-0.3, -0.25) is 4.98 Å². The number of benzene rings is 1. The third kappa shape index (κ3) is 1.80. The van der Waals surface area contributed by atoms with Gasteiger partial charge in [0, 0.05) is 12.4 Å². The first-order valence-corrected chi connectivity index (χ1v) is 7.13. The predicted molar refractivity (Wildman–Crippen MR) is 71.3 cm³/mol. The number of fused-ring (bicyclic) bond motifs is 1. The average Bonchev–Trinajstić information content (AvgIpc) is 2.86. The molecule has 2 heterocycles. The van der Waals surface area contributed by atoms with Crippen LogP contribution in [0.2, 0.25) is 0 Å². The lowest BCUT2D eigenvalue weighted by atomic mass is 10.2. The van der Waals surface area contributed by atoms with Crippen LogP contribution in [0.1, 0.15) is 5.56 Å². The van der Waals surface area contributed by atoms with Gasteiger partial charge in [0.1, 0.15) is 11.2 Å². The van der Waals surface area contributed by atoms with Gasteiger partial charge in [-0.15, -0.1) is 0 Å². The SMILES string of the molecule is Cc1cccc2c1ncn2S(=O)(=O)c1cccnc1. The van der Waals surface area contributed by atoms with E-state index >= 15 is 0 Å². The summed E-state index contributed by atoms with van der Waals surface area (Å²) < 4.78 is 26.2. The van der Waals surface area contributed by atoms with E-state index in [9.17, 15) is 8.42 Å². The highest BCUT2D eigenvalue weighted by molar-refractivity contribution is 7.90. The van der Waals surface area contributed by atoms with Crippen molar-refractivity contribution in [2.24, 2.45) is 0 Å². The second-order valence-corrected chi connectivity index (χ2v) is 5.99. The minimum atomic E-state index is -3.65. The summed E-state index contributed by atoms with van der Waals surface area (Å²) in [6, 6.07) is 8.56. The van der Waals surface area contributed by atoms with Crippen molar-refractivity contribution < 1.29 is 8.42 Å². The topological polar surface area (TPSA) is 64.8 Å². The second kappa shape index (κ2) is 4.17. The molecular formula is C13H11N3O2S. The van der Waals surface area contributed by atoms with Crippen LogP contribution in [0.5, 0.6) is 0 Å². The number of rotatable bonds is 2. The summed E-state index contributed by atoms with van der Waals surface area (Å²) in [5.74, 6) is 0. The number of hydrogen-bond acceptors (Lipinski definition) is 4. The Morgan fingerprint density at radius 1 is 1.16 bits per heavy atom. The van der Waals surface area contributed by atoms with Gasteiger partial charge in [-0.05, 0) is 30.7 Å². The molecule has 3 rings (SSSR count). The van der Waals surface area contributed by atoms with Crippen LogP contribution < -0.4 is 0 Å². The van der Waals surface area contributed by atoms with Crippen LogP contribution in [-0.2, 0) is 10.0 Å². The molecule has 0 fully saturated rings. The van der Waals surface area contributed by atoms with E-state index in [0.29, 0.717) is 11.0 Å². The molecule has 5 nitrogen and oxygen atoms in total. The maximum atomic E-state index is 12.5. The maximum absolute atomic E-state index is 12.5. The van der Waals surface area contributed by atoms with Gasteiger partial charge in [-0.25, -0.2) is 17.4 Å². The monoisotopic (exact) mass is 273 g/mol. The van der Waals surface area contributed by atoms with Gasteiger partial charge in [-0.1, -0.05) is 12.1 Å². The fourth-order valence-electron chi connectivity index (χ4n) is 1.97. The van der Waals surface area contributed by atoms with E-state index in [1.165, 1.54) is 28.8 Å². The summed E-state index contributed by atoms with van der Waals surface area (Å²) in [4.78, 5) is 8.17. The van der Waals surface area contributed by atoms with Gasteiger partial charge in [0.25, 0.3) is 10.0 Å².